The van der Waals surface area contributed by atoms with Gasteiger partial charge in [-0.2, -0.15) is 5.10 Å². The first-order valence-electron chi connectivity index (χ1n) is 5.30. The van der Waals surface area contributed by atoms with E-state index >= 15 is 0 Å². The van der Waals surface area contributed by atoms with Crippen molar-refractivity contribution in [3.63, 3.8) is 0 Å². The summed E-state index contributed by atoms with van der Waals surface area (Å²) in [6.07, 6.45) is 1.96. The van der Waals surface area contributed by atoms with Crippen LogP contribution in [0.15, 0.2) is 6.20 Å². The molecule has 0 spiro atoms. The highest BCUT2D eigenvalue weighted by atomic mass is 16.4. The topological polar surface area (TPSA) is 107 Å². The minimum absolute atomic E-state index is 0.310. The molecule has 0 aliphatic carbocycles. The number of aliphatic carboxylic acids is 1. The number of carboxylic acid groups (broad SMARTS) is 1. The zero-order valence-corrected chi connectivity index (χ0v) is 9.78. The van der Waals surface area contributed by atoms with Crippen molar-refractivity contribution in [3.8, 4) is 0 Å². The largest absolute Gasteiger partial charge is 0.480 e. The standard InChI is InChI=1S/C10H16N4O3/c1-3-8(9(15)16)13-10(17)11-4-7-5-12-14-6(7)2/h5,8H,3-4H2,1-2H3,(H,12,14)(H,15,16)(H2,11,13,17)/t8-/m1/s1. The van der Waals surface area contributed by atoms with E-state index in [9.17, 15) is 9.59 Å². The summed E-state index contributed by atoms with van der Waals surface area (Å²) in [4.78, 5) is 22.1. The first-order chi connectivity index (χ1) is 8.04. The van der Waals surface area contributed by atoms with Crippen LogP contribution in [-0.4, -0.2) is 33.3 Å². The summed E-state index contributed by atoms with van der Waals surface area (Å²) >= 11 is 0. The second-order valence-corrected chi connectivity index (χ2v) is 3.65. The second kappa shape index (κ2) is 5.88. The summed E-state index contributed by atoms with van der Waals surface area (Å²) in [7, 11) is 0. The fourth-order valence-corrected chi connectivity index (χ4v) is 1.28. The number of hydrogen-bond donors (Lipinski definition) is 4. The van der Waals surface area contributed by atoms with Gasteiger partial charge in [0.15, 0.2) is 0 Å². The number of hydrogen-bond acceptors (Lipinski definition) is 3. The number of aryl methyl sites for hydroxylation is 1. The van der Waals surface area contributed by atoms with Crippen LogP contribution in [0.1, 0.15) is 24.6 Å². The monoisotopic (exact) mass is 240 g/mol. The lowest BCUT2D eigenvalue weighted by Crippen LogP contribution is -2.45. The second-order valence-electron chi connectivity index (χ2n) is 3.65. The molecule has 0 bridgehead atoms. The van der Waals surface area contributed by atoms with Crippen molar-refractivity contribution in [1.29, 1.82) is 0 Å². The molecule has 7 nitrogen and oxygen atoms in total. The number of carbonyl (C=O) groups is 2. The smallest absolute Gasteiger partial charge is 0.326 e. The molecule has 7 heteroatoms. The van der Waals surface area contributed by atoms with Gasteiger partial charge in [0.1, 0.15) is 6.04 Å². The maximum atomic E-state index is 11.4. The van der Waals surface area contributed by atoms with Gasteiger partial charge in [0, 0.05) is 17.8 Å². The zero-order chi connectivity index (χ0) is 12.8. The van der Waals surface area contributed by atoms with Crippen LogP contribution >= 0.6 is 0 Å². The molecule has 17 heavy (non-hydrogen) atoms. The van der Waals surface area contributed by atoms with Gasteiger partial charge in [-0.15, -0.1) is 0 Å². The van der Waals surface area contributed by atoms with E-state index in [1.807, 2.05) is 6.92 Å². The van der Waals surface area contributed by atoms with Crippen molar-refractivity contribution in [2.75, 3.05) is 0 Å². The molecule has 0 radical (unpaired) electrons. The van der Waals surface area contributed by atoms with E-state index in [-0.39, 0.29) is 0 Å². The summed E-state index contributed by atoms with van der Waals surface area (Å²) in [6, 6.07) is -1.36. The van der Waals surface area contributed by atoms with Crippen LogP contribution < -0.4 is 10.6 Å². The third kappa shape index (κ3) is 3.78. The number of urea groups is 1. The fourth-order valence-electron chi connectivity index (χ4n) is 1.28. The Balaban J connectivity index is 2.40. The molecule has 0 saturated carbocycles. The van der Waals surface area contributed by atoms with Gasteiger partial charge < -0.3 is 15.7 Å². The van der Waals surface area contributed by atoms with Crippen molar-refractivity contribution in [3.05, 3.63) is 17.5 Å². The van der Waals surface area contributed by atoms with Crippen molar-refractivity contribution in [2.45, 2.75) is 32.9 Å². The third-order valence-electron chi connectivity index (χ3n) is 2.39. The number of nitrogens with one attached hydrogen (secondary N) is 3. The molecule has 1 rings (SSSR count). The summed E-state index contributed by atoms with van der Waals surface area (Å²) < 4.78 is 0. The fraction of sp³-hybridized carbons (Fsp3) is 0.500. The Morgan fingerprint density at radius 3 is 2.76 bits per heavy atom. The van der Waals surface area contributed by atoms with Gasteiger partial charge in [-0.25, -0.2) is 9.59 Å². The van der Waals surface area contributed by atoms with E-state index < -0.39 is 18.0 Å². The molecule has 1 aromatic rings. The van der Waals surface area contributed by atoms with Crippen LogP contribution in [0.5, 0.6) is 0 Å². The molecule has 0 aromatic carbocycles. The Kier molecular flexibility index (Phi) is 4.50. The van der Waals surface area contributed by atoms with Gasteiger partial charge in [0.2, 0.25) is 0 Å². The molecular weight excluding hydrogens is 224 g/mol. The minimum Gasteiger partial charge on any atom is -0.480 e. The predicted molar refractivity (Wildman–Crippen MR) is 60.4 cm³/mol. The van der Waals surface area contributed by atoms with Gasteiger partial charge in [-0.3, -0.25) is 5.10 Å². The van der Waals surface area contributed by atoms with E-state index in [1.165, 1.54) is 0 Å². The highest BCUT2D eigenvalue weighted by Gasteiger charge is 2.17. The lowest BCUT2D eigenvalue weighted by Gasteiger charge is -2.12. The van der Waals surface area contributed by atoms with Crippen LogP contribution in [0.3, 0.4) is 0 Å². The van der Waals surface area contributed by atoms with Gasteiger partial charge in [-0.05, 0) is 13.3 Å². The van der Waals surface area contributed by atoms with Crippen LogP contribution in [0.4, 0.5) is 4.79 Å². The van der Waals surface area contributed by atoms with Gasteiger partial charge >= 0.3 is 12.0 Å². The lowest BCUT2D eigenvalue weighted by atomic mass is 10.2. The Morgan fingerprint density at radius 2 is 2.29 bits per heavy atom. The first kappa shape index (κ1) is 13.0. The highest BCUT2D eigenvalue weighted by molar-refractivity contribution is 5.82. The van der Waals surface area contributed by atoms with Gasteiger partial charge in [0.05, 0.1) is 6.20 Å². The Labute approximate surface area is 98.6 Å². The number of rotatable bonds is 5. The Hall–Kier alpha value is -2.05. The van der Waals surface area contributed by atoms with E-state index in [0.29, 0.717) is 13.0 Å². The molecule has 1 atom stereocenters. The molecule has 2 amide bonds. The maximum Gasteiger partial charge on any atom is 0.326 e. The average Bonchev–Trinajstić information content (AvgIpc) is 2.68. The summed E-state index contributed by atoms with van der Waals surface area (Å²) in [6.45, 7) is 3.84. The van der Waals surface area contributed by atoms with Gasteiger partial charge in [-0.1, -0.05) is 6.92 Å². The van der Waals surface area contributed by atoms with Crippen LogP contribution in [-0.2, 0) is 11.3 Å². The van der Waals surface area contributed by atoms with Crippen molar-refractivity contribution < 1.29 is 14.7 Å². The lowest BCUT2D eigenvalue weighted by molar-refractivity contribution is -0.139. The summed E-state index contributed by atoms with van der Waals surface area (Å²) in [5.41, 5.74) is 1.74. The number of aromatic amines is 1. The van der Waals surface area contributed by atoms with Crippen LogP contribution in [0.2, 0.25) is 0 Å². The molecule has 1 heterocycles. The van der Waals surface area contributed by atoms with Gasteiger partial charge in [0.25, 0.3) is 0 Å². The number of aromatic nitrogens is 2. The molecule has 4 N–H and O–H groups in total. The zero-order valence-electron chi connectivity index (χ0n) is 9.78. The minimum atomic E-state index is -1.04. The molecule has 0 fully saturated rings. The van der Waals surface area contributed by atoms with Crippen molar-refractivity contribution in [2.24, 2.45) is 0 Å². The normalized spacial score (nSPS) is 11.9. The number of nitrogens with zero attached hydrogens (tertiary/aromatic N) is 1. The quantitative estimate of drug-likeness (QED) is 0.596. The molecule has 0 aliphatic rings. The Morgan fingerprint density at radius 1 is 1.59 bits per heavy atom. The predicted octanol–water partition coefficient (Wildman–Crippen LogP) is 0.381. The Bertz CT molecular complexity index is 402. The number of carbonyl (C=O) groups excluding carboxylic acids is 1. The van der Waals surface area contributed by atoms with E-state index in [2.05, 4.69) is 20.8 Å². The number of H-pyrrole nitrogens is 1. The molecule has 0 aliphatic heterocycles. The molecule has 0 saturated heterocycles. The van der Waals surface area contributed by atoms with Crippen LogP contribution in [0.25, 0.3) is 0 Å². The maximum absolute atomic E-state index is 11.4. The molecule has 94 valence electrons. The van der Waals surface area contributed by atoms with E-state index in [0.717, 1.165) is 11.3 Å². The summed E-state index contributed by atoms with van der Waals surface area (Å²) in [5.74, 6) is -1.04. The molecule has 1 aromatic heterocycles. The number of amides is 2. The molecule has 0 unspecified atom stereocenters. The molecular formula is C10H16N4O3. The number of carboxylic acids is 1. The van der Waals surface area contributed by atoms with Crippen molar-refractivity contribution >= 4 is 12.0 Å². The SMILES string of the molecule is CC[C@@H](NC(=O)NCc1cn[nH]c1C)C(=O)O. The highest BCUT2D eigenvalue weighted by Crippen LogP contribution is 2.01. The van der Waals surface area contributed by atoms with Crippen LogP contribution in [0, 0.1) is 6.92 Å². The van der Waals surface area contributed by atoms with Crippen molar-refractivity contribution in [1.82, 2.24) is 20.8 Å². The average molecular weight is 240 g/mol. The van der Waals surface area contributed by atoms with E-state index in [4.69, 9.17) is 5.11 Å². The third-order valence-corrected chi connectivity index (χ3v) is 2.39. The first-order valence-corrected chi connectivity index (χ1v) is 5.30. The van der Waals surface area contributed by atoms with E-state index in [1.54, 1.807) is 13.1 Å². The summed E-state index contributed by atoms with van der Waals surface area (Å²) in [5, 5.41) is 20.3.